The second kappa shape index (κ2) is 2.21. The zero-order valence-corrected chi connectivity index (χ0v) is 6.43. The lowest BCUT2D eigenvalue weighted by molar-refractivity contribution is 0.0949. The monoisotopic (exact) mass is 142 g/mol. The Morgan fingerprint density at radius 1 is 1.30 bits per heavy atom. The van der Waals surface area contributed by atoms with Crippen molar-refractivity contribution in [1.82, 2.24) is 0 Å². The largest absolute Gasteiger partial charge is 0.353 e. The molecule has 1 aliphatic carbocycles. The zero-order chi connectivity index (χ0) is 7.03. The van der Waals surface area contributed by atoms with Crippen molar-refractivity contribution in [2.45, 2.75) is 44.0 Å². The van der Waals surface area contributed by atoms with Crippen LogP contribution in [0, 0.1) is 0 Å². The van der Waals surface area contributed by atoms with Gasteiger partial charge in [0.2, 0.25) is 0 Å². The van der Waals surface area contributed by atoms with E-state index in [0.29, 0.717) is 0 Å². The first-order chi connectivity index (χ1) is 4.87. The van der Waals surface area contributed by atoms with Crippen molar-refractivity contribution in [3.8, 4) is 0 Å². The predicted octanol–water partition coefficient (Wildman–Crippen LogP) is 1.69. The van der Waals surface area contributed by atoms with Gasteiger partial charge in [-0.1, -0.05) is 19.3 Å². The van der Waals surface area contributed by atoms with Crippen molar-refractivity contribution >= 4 is 0 Å². The molecule has 0 bridgehead atoms. The molecule has 0 amide bonds. The molecule has 58 valence electrons. The van der Waals surface area contributed by atoms with Crippen molar-refractivity contribution in [3.63, 3.8) is 0 Å². The lowest BCUT2D eigenvalue weighted by Crippen LogP contribution is -2.19. The van der Waals surface area contributed by atoms with E-state index in [1.807, 2.05) is 0 Å². The topological polar surface area (TPSA) is 21.8 Å². The van der Waals surface area contributed by atoms with E-state index in [0.717, 1.165) is 0 Å². The smallest absolute Gasteiger partial charge is 0.187 e. The molecular formula is C8H14O2. The number of epoxide rings is 1. The minimum atomic E-state index is 0.132. The van der Waals surface area contributed by atoms with Gasteiger partial charge in [0, 0.05) is 7.11 Å². The molecule has 2 fully saturated rings. The third kappa shape index (κ3) is 0.867. The van der Waals surface area contributed by atoms with Crippen LogP contribution in [0.2, 0.25) is 0 Å². The Balaban J connectivity index is 1.92. The van der Waals surface area contributed by atoms with E-state index in [2.05, 4.69) is 0 Å². The molecule has 0 aromatic heterocycles. The highest BCUT2D eigenvalue weighted by Gasteiger charge is 2.56. The predicted molar refractivity (Wildman–Crippen MR) is 37.7 cm³/mol. The molecule has 1 atom stereocenters. The molecule has 1 spiro atoms. The van der Waals surface area contributed by atoms with Crippen LogP contribution >= 0.6 is 0 Å². The lowest BCUT2D eigenvalue weighted by atomic mass is 9.89. The first kappa shape index (κ1) is 6.62. The third-order valence-corrected chi connectivity index (χ3v) is 2.63. The molecule has 1 saturated carbocycles. The SMILES string of the molecule is COC1OC12CCCCC2. The molecule has 0 N–H and O–H groups in total. The molecule has 10 heavy (non-hydrogen) atoms. The summed E-state index contributed by atoms with van der Waals surface area (Å²) in [7, 11) is 1.73. The van der Waals surface area contributed by atoms with E-state index < -0.39 is 0 Å². The quantitative estimate of drug-likeness (QED) is 0.520. The van der Waals surface area contributed by atoms with Crippen molar-refractivity contribution in [2.24, 2.45) is 0 Å². The molecular weight excluding hydrogens is 128 g/mol. The minimum Gasteiger partial charge on any atom is -0.353 e. The fourth-order valence-electron chi connectivity index (χ4n) is 1.95. The molecule has 1 unspecified atom stereocenters. The number of ether oxygens (including phenoxy) is 2. The van der Waals surface area contributed by atoms with Crippen LogP contribution in [-0.4, -0.2) is 19.0 Å². The number of rotatable bonds is 1. The summed E-state index contributed by atoms with van der Waals surface area (Å²) in [5.41, 5.74) is 0.174. The van der Waals surface area contributed by atoms with Crippen LogP contribution in [-0.2, 0) is 9.47 Å². The summed E-state index contributed by atoms with van der Waals surface area (Å²) in [5, 5.41) is 0. The van der Waals surface area contributed by atoms with Crippen molar-refractivity contribution < 1.29 is 9.47 Å². The molecule has 1 heterocycles. The van der Waals surface area contributed by atoms with Crippen molar-refractivity contribution in [2.75, 3.05) is 7.11 Å². The summed E-state index contributed by atoms with van der Waals surface area (Å²) in [6.45, 7) is 0. The Bertz CT molecular complexity index is 127. The van der Waals surface area contributed by atoms with E-state index >= 15 is 0 Å². The van der Waals surface area contributed by atoms with Gasteiger partial charge in [-0.25, -0.2) is 0 Å². The van der Waals surface area contributed by atoms with Gasteiger partial charge in [0.1, 0.15) is 5.60 Å². The van der Waals surface area contributed by atoms with Gasteiger partial charge < -0.3 is 9.47 Å². The fraction of sp³-hybridized carbons (Fsp3) is 1.00. The molecule has 2 aliphatic rings. The zero-order valence-electron chi connectivity index (χ0n) is 6.43. The minimum absolute atomic E-state index is 0.132. The van der Waals surface area contributed by atoms with Gasteiger partial charge in [0.15, 0.2) is 6.29 Å². The molecule has 0 aromatic rings. The second-order valence-electron chi connectivity index (χ2n) is 3.31. The van der Waals surface area contributed by atoms with Crippen LogP contribution in [0.1, 0.15) is 32.1 Å². The van der Waals surface area contributed by atoms with E-state index in [-0.39, 0.29) is 11.9 Å². The Morgan fingerprint density at radius 3 is 2.50 bits per heavy atom. The van der Waals surface area contributed by atoms with Crippen LogP contribution in [0.3, 0.4) is 0 Å². The molecule has 2 heteroatoms. The molecule has 2 nitrogen and oxygen atoms in total. The molecule has 0 radical (unpaired) electrons. The van der Waals surface area contributed by atoms with Crippen LogP contribution in [0.4, 0.5) is 0 Å². The van der Waals surface area contributed by atoms with Gasteiger partial charge in [-0.2, -0.15) is 0 Å². The fourth-order valence-corrected chi connectivity index (χ4v) is 1.95. The Hall–Kier alpha value is -0.0800. The average Bonchev–Trinajstić information content (AvgIpc) is 2.65. The first-order valence-corrected chi connectivity index (χ1v) is 4.08. The number of methoxy groups -OCH3 is 1. The highest BCUT2D eigenvalue weighted by atomic mass is 16.8. The average molecular weight is 142 g/mol. The summed E-state index contributed by atoms with van der Waals surface area (Å²) < 4.78 is 10.6. The Morgan fingerprint density at radius 2 is 2.00 bits per heavy atom. The maximum Gasteiger partial charge on any atom is 0.187 e. The highest BCUT2D eigenvalue weighted by Crippen LogP contribution is 2.48. The van der Waals surface area contributed by atoms with Gasteiger partial charge in [0.25, 0.3) is 0 Å². The lowest BCUT2D eigenvalue weighted by Gasteiger charge is -2.16. The summed E-state index contributed by atoms with van der Waals surface area (Å²) in [6, 6.07) is 0. The van der Waals surface area contributed by atoms with Gasteiger partial charge in [-0.15, -0.1) is 0 Å². The van der Waals surface area contributed by atoms with Crippen LogP contribution in [0.5, 0.6) is 0 Å². The van der Waals surface area contributed by atoms with Gasteiger partial charge in [-0.3, -0.25) is 0 Å². The van der Waals surface area contributed by atoms with E-state index in [4.69, 9.17) is 9.47 Å². The van der Waals surface area contributed by atoms with E-state index in [1.165, 1.54) is 32.1 Å². The van der Waals surface area contributed by atoms with Crippen molar-refractivity contribution in [3.05, 3.63) is 0 Å². The molecule has 1 aliphatic heterocycles. The third-order valence-electron chi connectivity index (χ3n) is 2.63. The maximum absolute atomic E-state index is 5.47. The first-order valence-electron chi connectivity index (χ1n) is 4.08. The normalized spacial score (nSPS) is 36.3. The Kier molecular flexibility index (Phi) is 1.46. The number of hydrogen-bond donors (Lipinski definition) is 0. The van der Waals surface area contributed by atoms with Crippen LogP contribution in [0.25, 0.3) is 0 Å². The van der Waals surface area contributed by atoms with E-state index in [1.54, 1.807) is 7.11 Å². The van der Waals surface area contributed by atoms with Crippen LogP contribution in [0.15, 0.2) is 0 Å². The summed E-state index contributed by atoms with van der Waals surface area (Å²) in [5.74, 6) is 0. The highest BCUT2D eigenvalue weighted by molar-refractivity contribution is 4.98. The standard InChI is InChI=1S/C8H14O2/c1-9-7-8(10-7)5-3-2-4-6-8/h7H,2-6H2,1H3. The second-order valence-corrected chi connectivity index (χ2v) is 3.31. The molecule has 0 aromatic carbocycles. The summed E-state index contributed by atoms with van der Waals surface area (Å²) >= 11 is 0. The summed E-state index contributed by atoms with van der Waals surface area (Å²) in [4.78, 5) is 0. The molecule has 1 saturated heterocycles. The molecule has 2 rings (SSSR count). The van der Waals surface area contributed by atoms with Gasteiger partial charge in [0.05, 0.1) is 0 Å². The maximum atomic E-state index is 5.47. The van der Waals surface area contributed by atoms with Gasteiger partial charge >= 0.3 is 0 Å². The van der Waals surface area contributed by atoms with Crippen molar-refractivity contribution in [1.29, 1.82) is 0 Å². The Labute approximate surface area is 61.5 Å². The van der Waals surface area contributed by atoms with Gasteiger partial charge in [-0.05, 0) is 12.8 Å². The van der Waals surface area contributed by atoms with Crippen LogP contribution < -0.4 is 0 Å². The number of hydrogen-bond acceptors (Lipinski definition) is 2. The van der Waals surface area contributed by atoms with E-state index in [9.17, 15) is 0 Å². The summed E-state index contributed by atoms with van der Waals surface area (Å²) in [6.07, 6.45) is 6.57.